The van der Waals surface area contributed by atoms with Crippen LogP contribution in [0.25, 0.3) is 10.9 Å². The van der Waals surface area contributed by atoms with Crippen LogP contribution in [0.1, 0.15) is 5.69 Å². The molecular weight excluding hydrogens is 234 g/mol. The van der Waals surface area contributed by atoms with Crippen molar-refractivity contribution in [3.05, 3.63) is 34.1 Å². The van der Waals surface area contributed by atoms with Crippen LogP contribution in [0.4, 0.5) is 0 Å². The molecule has 1 aromatic heterocycles. The van der Waals surface area contributed by atoms with E-state index in [4.69, 9.17) is 14.2 Å². The molecule has 1 N–H and O–H groups in total. The Labute approximate surface area is 104 Å². The summed E-state index contributed by atoms with van der Waals surface area (Å²) in [5.74, 6) is 1.12. The molecule has 0 fully saturated rings. The van der Waals surface area contributed by atoms with Crippen molar-refractivity contribution in [1.82, 2.24) is 4.98 Å². The van der Waals surface area contributed by atoms with Gasteiger partial charge in [-0.1, -0.05) is 0 Å². The van der Waals surface area contributed by atoms with Gasteiger partial charge in [-0.05, 0) is 0 Å². The summed E-state index contributed by atoms with van der Waals surface area (Å²) >= 11 is 0. The SMILES string of the molecule is COCc1cc(=O)c2c(OC)cc(OC)cc2[nH]1. The second kappa shape index (κ2) is 5.10. The second-order valence-electron chi connectivity index (χ2n) is 3.84. The zero-order valence-electron chi connectivity index (χ0n) is 10.6. The monoisotopic (exact) mass is 249 g/mol. The van der Waals surface area contributed by atoms with Gasteiger partial charge in [-0.25, -0.2) is 0 Å². The minimum absolute atomic E-state index is 0.102. The van der Waals surface area contributed by atoms with Crippen molar-refractivity contribution in [1.29, 1.82) is 0 Å². The highest BCUT2D eigenvalue weighted by Gasteiger charge is 2.10. The largest absolute Gasteiger partial charge is 0.497 e. The lowest BCUT2D eigenvalue weighted by Crippen LogP contribution is -2.07. The van der Waals surface area contributed by atoms with Gasteiger partial charge in [0.25, 0.3) is 0 Å². The summed E-state index contributed by atoms with van der Waals surface area (Å²) in [6.45, 7) is 0.352. The minimum atomic E-state index is -0.102. The first-order chi connectivity index (χ1) is 8.69. The number of hydrogen-bond donors (Lipinski definition) is 1. The molecule has 0 saturated carbocycles. The zero-order chi connectivity index (χ0) is 13.1. The fraction of sp³-hybridized carbons (Fsp3) is 0.308. The molecule has 5 heteroatoms. The van der Waals surface area contributed by atoms with Crippen LogP contribution in [0.15, 0.2) is 23.0 Å². The molecule has 2 rings (SSSR count). The van der Waals surface area contributed by atoms with Crippen LogP contribution in [0.5, 0.6) is 11.5 Å². The summed E-state index contributed by atoms with van der Waals surface area (Å²) in [4.78, 5) is 15.2. The average Bonchev–Trinajstić information content (AvgIpc) is 2.37. The summed E-state index contributed by atoms with van der Waals surface area (Å²) in [6.07, 6.45) is 0. The number of aromatic nitrogens is 1. The third-order valence-electron chi connectivity index (χ3n) is 2.68. The minimum Gasteiger partial charge on any atom is -0.497 e. The number of H-pyrrole nitrogens is 1. The van der Waals surface area contributed by atoms with Gasteiger partial charge in [0, 0.05) is 31.0 Å². The van der Waals surface area contributed by atoms with Crippen molar-refractivity contribution in [2.45, 2.75) is 6.61 Å². The number of methoxy groups -OCH3 is 3. The van der Waals surface area contributed by atoms with Gasteiger partial charge in [0.2, 0.25) is 0 Å². The normalized spacial score (nSPS) is 10.6. The van der Waals surface area contributed by atoms with E-state index in [0.29, 0.717) is 34.7 Å². The Morgan fingerprint density at radius 3 is 2.50 bits per heavy atom. The van der Waals surface area contributed by atoms with E-state index < -0.39 is 0 Å². The molecule has 0 aliphatic carbocycles. The first kappa shape index (κ1) is 12.4. The molecule has 0 unspecified atom stereocenters. The Morgan fingerprint density at radius 2 is 1.89 bits per heavy atom. The molecule has 18 heavy (non-hydrogen) atoms. The zero-order valence-corrected chi connectivity index (χ0v) is 10.6. The Bertz CT molecular complexity index is 618. The second-order valence-corrected chi connectivity index (χ2v) is 3.84. The smallest absolute Gasteiger partial charge is 0.193 e. The summed E-state index contributed by atoms with van der Waals surface area (Å²) in [7, 11) is 4.67. The summed E-state index contributed by atoms with van der Waals surface area (Å²) < 4.78 is 15.4. The van der Waals surface area contributed by atoms with E-state index in [1.165, 1.54) is 13.2 Å². The maximum atomic E-state index is 12.1. The fourth-order valence-electron chi connectivity index (χ4n) is 1.89. The van der Waals surface area contributed by atoms with Crippen LogP contribution < -0.4 is 14.9 Å². The van der Waals surface area contributed by atoms with Crippen molar-refractivity contribution in [3.8, 4) is 11.5 Å². The van der Waals surface area contributed by atoms with Gasteiger partial charge in [0.1, 0.15) is 11.5 Å². The topological polar surface area (TPSA) is 60.6 Å². The predicted octanol–water partition coefficient (Wildman–Crippen LogP) is 1.69. The Balaban J connectivity index is 2.74. The van der Waals surface area contributed by atoms with Gasteiger partial charge < -0.3 is 19.2 Å². The van der Waals surface area contributed by atoms with Gasteiger partial charge in [0.15, 0.2) is 5.43 Å². The molecule has 0 aliphatic heterocycles. The van der Waals surface area contributed by atoms with Crippen LogP contribution in [0, 0.1) is 0 Å². The number of hydrogen-bond acceptors (Lipinski definition) is 4. The van der Waals surface area contributed by atoms with Crippen LogP contribution in [0.3, 0.4) is 0 Å². The number of benzene rings is 1. The number of nitrogens with one attached hydrogen (secondary N) is 1. The summed E-state index contributed by atoms with van der Waals surface area (Å²) in [6, 6.07) is 4.97. The predicted molar refractivity (Wildman–Crippen MR) is 68.4 cm³/mol. The van der Waals surface area contributed by atoms with Gasteiger partial charge in [-0.3, -0.25) is 4.79 Å². The van der Waals surface area contributed by atoms with Crippen molar-refractivity contribution in [2.24, 2.45) is 0 Å². The summed E-state index contributed by atoms with van der Waals surface area (Å²) in [5, 5.41) is 0.512. The highest BCUT2D eigenvalue weighted by molar-refractivity contribution is 5.86. The molecule has 1 aromatic carbocycles. The van der Waals surface area contributed by atoms with Crippen molar-refractivity contribution >= 4 is 10.9 Å². The standard InChI is InChI=1S/C13H15NO4/c1-16-7-8-4-11(15)13-10(14-8)5-9(17-2)6-12(13)18-3/h4-6H,7H2,1-3H3,(H,14,15). The molecule has 0 atom stereocenters. The average molecular weight is 249 g/mol. The van der Waals surface area contributed by atoms with Crippen LogP contribution in [0.2, 0.25) is 0 Å². The van der Waals surface area contributed by atoms with Gasteiger partial charge in [-0.15, -0.1) is 0 Å². The summed E-state index contributed by atoms with van der Waals surface area (Å²) in [5.41, 5.74) is 1.28. The van der Waals surface area contributed by atoms with Gasteiger partial charge in [-0.2, -0.15) is 0 Å². The Morgan fingerprint density at radius 1 is 1.11 bits per heavy atom. The van der Waals surface area contributed by atoms with Crippen molar-refractivity contribution in [2.75, 3.05) is 21.3 Å². The number of aromatic amines is 1. The highest BCUT2D eigenvalue weighted by atomic mass is 16.5. The van der Waals surface area contributed by atoms with E-state index >= 15 is 0 Å². The first-order valence-electron chi connectivity index (χ1n) is 5.46. The molecule has 96 valence electrons. The Kier molecular flexibility index (Phi) is 3.53. The highest BCUT2D eigenvalue weighted by Crippen LogP contribution is 2.27. The van der Waals surface area contributed by atoms with Gasteiger partial charge >= 0.3 is 0 Å². The maximum absolute atomic E-state index is 12.1. The number of pyridine rings is 1. The first-order valence-corrected chi connectivity index (χ1v) is 5.46. The molecule has 0 radical (unpaired) electrons. The lowest BCUT2D eigenvalue weighted by molar-refractivity contribution is 0.181. The third kappa shape index (κ3) is 2.17. The van der Waals surface area contributed by atoms with Crippen LogP contribution in [-0.4, -0.2) is 26.3 Å². The molecule has 2 aromatic rings. The molecule has 0 aliphatic rings. The number of rotatable bonds is 4. The molecule has 0 amide bonds. The Hall–Kier alpha value is -2.01. The molecule has 1 heterocycles. The van der Waals surface area contributed by atoms with Crippen LogP contribution >= 0.6 is 0 Å². The van der Waals surface area contributed by atoms with E-state index in [1.54, 1.807) is 26.4 Å². The van der Waals surface area contributed by atoms with Crippen molar-refractivity contribution in [3.63, 3.8) is 0 Å². The molecule has 0 spiro atoms. The van der Waals surface area contributed by atoms with E-state index in [2.05, 4.69) is 4.98 Å². The molecule has 5 nitrogen and oxygen atoms in total. The van der Waals surface area contributed by atoms with E-state index in [-0.39, 0.29) is 5.43 Å². The lowest BCUT2D eigenvalue weighted by Gasteiger charge is -2.09. The molecule has 0 saturated heterocycles. The van der Waals surface area contributed by atoms with E-state index in [0.717, 1.165) is 0 Å². The van der Waals surface area contributed by atoms with Crippen molar-refractivity contribution < 1.29 is 14.2 Å². The lowest BCUT2D eigenvalue weighted by atomic mass is 10.1. The third-order valence-corrected chi connectivity index (χ3v) is 2.68. The fourth-order valence-corrected chi connectivity index (χ4v) is 1.89. The van der Waals surface area contributed by atoms with E-state index in [1.807, 2.05) is 0 Å². The molecular formula is C13H15NO4. The molecule has 0 bridgehead atoms. The number of fused-ring (bicyclic) bond motifs is 1. The van der Waals surface area contributed by atoms with Gasteiger partial charge in [0.05, 0.1) is 31.7 Å². The van der Waals surface area contributed by atoms with Crippen LogP contribution in [-0.2, 0) is 11.3 Å². The number of ether oxygens (including phenoxy) is 3. The van der Waals surface area contributed by atoms with E-state index in [9.17, 15) is 4.79 Å². The maximum Gasteiger partial charge on any atom is 0.193 e. The quantitative estimate of drug-likeness (QED) is 0.895.